The van der Waals surface area contributed by atoms with Crippen molar-refractivity contribution in [3.05, 3.63) is 35.4 Å². The van der Waals surface area contributed by atoms with Crippen LogP contribution in [0.3, 0.4) is 0 Å². The number of rotatable bonds is 6. The van der Waals surface area contributed by atoms with Gasteiger partial charge in [0.15, 0.2) is 0 Å². The minimum atomic E-state index is -0.934. The molecule has 130 valence electrons. The Bertz CT molecular complexity index is 629. The zero-order chi connectivity index (χ0) is 17.7. The second-order valence-corrected chi connectivity index (χ2v) is 6.48. The first-order valence-electron chi connectivity index (χ1n) is 8.17. The molecule has 1 aromatic rings. The van der Waals surface area contributed by atoms with Gasteiger partial charge in [0.25, 0.3) is 0 Å². The van der Waals surface area contributed by atoms with Crippen molar-refractivity contribution >= 4 is 17.8 Å². The van der Waals surface area contributed by atoms with Crippen LogP contribution in [0.1, 0.15) is 24.0 Å². The Kier molecular flexibility index (Phi) is 5.95. The number of piperidine rings is 1. The molecule has 1 fully saturated rings. The van der Waals surface area contributed by atoms with Crippen LogP contribution >= 0.6 is 0 Å². The normalized spacial score (nSPS) is 19.0. The largest absolute Gasteiger partial charge is 0.481 e. The molecule has 0 bridgehead atoms. The number of hydrogen-bond donors (Lipinski definition) is 2. The van der Waals surface area contributed by atoms with Crippen LogP contribution in [0.4, 0.5) is 0 Å². The van der Waals surface area contributed by atoms with E-state index in [4.69, 9.17) is 0 Å². The third-order valence-electron chi connectivity index (χ3n) is 4.47. The lowest BCUT2D eigenvalue weighted by molar-refractivity contribution is -0.142. The average molecular weight is 332 g/mol. The summed E-state index contributed by atoms with van der Waals surface area (Å²) < 4.78 is 0. The van der Waals surface area contributed by atoms with Crippen LogP contribution in [0.25, 0.3) is 0 Å². The van der Waals surface area contributed by atoms with Crippen molar-refractivity contribution in [3.8, 4) is 0 Å². The van der Waals surface area contributed by atoms with Gasteiger partial charge in [0.2, 0.25) is 11.8 Å². The predicted molar refractivity (Wildman–Crippen MR) is 89.4 cm³/mol. The molecule has 24 heavy (non-hydrogen) atoms. The maximum absolute atomic E-state index is 12.2. The lowest BCUT2D eigenvalue weighted by Gasteiger charge is -2.28. The fraction of sp³-hybridized carbons (Fsp3) is 0.500. The first kappa shape index (κ1) is 18.0. The van der Waals surface area contributed by atoms with Crippen LogP contribution in [0, 0.1) is 18.8 Å². The zero-order valence-electron chi connectivity index (χ0n) is 14.1. The van der Waals surface area contributed by atoms with E-state index >= 15 is 0 Å². The van der Waals surface area contributed by atoms with E-state index < -0.39 is 11.9 Å². The molecule has 1 aliphatic heterocycles. The summed E-state index contributed by atoms with van der Waals surface area (Å²) in [5, 5.41) is 12.1. The van der Waals surface area contributed by atoms with Crippen molar-refractivity contribution in [3.63, 3.8) is 0 Å². The van der Waals surface area contributed by atoms with Crippen LogP contribution in [-0.2, 0) is 20.8 Å². The van der Waals surface area contributed by atoms with E-state index in [2.05, 4.69) is 5.32 Å². The Morgan fingerprint density at radius 1 is 1.42 bits per heavy atom. The van der Waals surface area contributed by atoms with Crippen LogP contribution < -0.4 is 5.32 Å². The van der Waals surface area contributed by atoms with Gasteiger partial charge in [-0.3, -0.25) is 14.4 Å². The fourth-order valence-electron chi connectivity index (χ4n) is 2.91. The molecule has 2 rings (SSSR count). The summed E-state index contributed by atoms with van der Waals surface area (Å²) in [4.78, 5) is 37.0. The van der Waals surface area contributed by atoms with Crippen molar-refractivity contribution in [2.24, 2.45) is 11.8 Å². The number of aryl methyl sites for hydroxylation is 1. The standard InChI is InChI=1S/C18H24N2O4/c1-12-4-3-5-13(8-12)9-15(18(23)24)11-19-17(22)14-6-7-20(2)16(21)10-14/h3-5,8,14-15H,6-7,9-11H2,1-2H3,(H,19,22)(H,23,24)/t14-,15+/m0/s1. The highest BCUT2D eigenvalue weighted by Crippen LogP contribution is 2.17. The molecule has 2 amide bonds. The Labute approximate surface area is 141 Å². The van der Waals surface area contributed by atoms with Crippen molar-refractivity contribution in [1.82, 2.24) is 10.2 Å². The van der Waals surface area contributed by atoms with Crippen LogP contribution in [-0.4, -0.2) is 47.9 Å². The van der Waals surface area contributed by atoms with Gasteiger partial charge < -0.3 is 15.3 Å². The van der Waals surface area contributed by atoms with Crippen LogP contribution in [0.2, 0.25) is 0 Å². The van der Waals surface area contributed by atoms with Crippen molar-refractivity contribution in [1.29, 1.82) is 0 Å². The topological polar surface area (TPSA) is 86.7 Å². The highest BCUT2D eigenvalue weighted by Gasteiger charge is 2.29. The smallest absolute Gasteiger partial charge is 0.308 e. The summed E-state index contributed by atoms with van der Waals surface area (Å²) in [5.41, 5.74) is 2.01. The Balaban J connectivity index is 1.90. The van der Waals surface area contributed by atoms with E-state index in [1.54, 1.807) is 11.9 Å². The number of aliphatic carboxylic acids is 1. The number of benzene rings is 1. The first-order chi connectivity index (χ1) is 11.4. The van der Waals surface area contributed by atoms with Crippen LogP contribution in [0.5, 0.6) is 0 Å². The molecule has 1 heterocycles. The van der Waals surface area contributed by atoms with E-state index in [1.807, 2.05) is 31.2 Å². The fourth-order valence-corrected chi connectivity index (χ4v) is 2.91. The minimum Gasteiger partial charge on any atom is -0.481 e. The molecule has 0 spiro atoms. The van der Waals surface area contributed by atoms with Gasteiger partial charge in [0, 0.05) is 32.5 Å². The lowest BCUT2D eigenvalue weighted by atomic mass is 9.94. The number of carbonyl (C=O) groups excluding carboxylic acids is 2. The molecular formula is C18H24N2O4. The molecule has 0 radical (unpaired) electrons. The number of amides is 2. The Morgan fingerprint density at radius 3 is 2.79 bits per heavy atom. The SMILES string of the molecule is Cc1cccc(C[C@H](CNC(=O)[C@H]2CCN(C)C(=O)C2)C(=O)O)c1. The van der Waals surface area contributed by atoms with Crippen molar-refractivity contribution in [2.75, 3.05) is 20.1 Å². The van der Waals surface area contributed by atoms with Gasteiger partial charge in [0.05, 0.1) is 5.92 Å². The molecule has 6 nitrogen and oxygen atoms in total. The molecule has 2 atom stereocenters. The number of nitrogens with one attached hydrogen (secondary N) is 1. The third-order valence-corrected chi connectivity index (χ3v) is 4.47. The molecule has 0 unspecified atom stereocenters. The second kappa shape index (κ2) is 7.95. The van der Waals surface area contributed by atoms with Gasteiger partial charge in [-0.15, -0.1) is 0 Å². The minimum absolute atomic E-state index is 0.0454. The predicted octanol–water partition coefficient (Wildman–Crippen LogP) is 1.22. The van der Waals surface area contributed by atoms with Gasteiger partial charge in [-0.05, 0) is 25.3 Å². The zero-order valence-corrected chi connectivity index (χ0v) is 14.1. The monoisotopic (exact) mass is 332 g/mol. The van der Waals surface area contributed by atoms with Gasteiger partial charge >= 0.3 is 5.97 Å². The maximum Gasteiger partial charge on any atom is 0.308 e. The second-order valence-electron chi connectivity index (χ2n) is 6.48. The molecule has 2 N–H and O–H groups in total. The number of hydrogen-bond acceptors (Lipinski definition) is 3. The lowest BCUT2D eigenvalue weighted by Crippen LogP contribution is -2.43. The van der Waals surface area contributed by atoms with E-state index in [0.717, 1.165) is 11.1 Å². The quantitative estimate of drug-likeness (QED) is 0.820. The Hall–Kier alpha value is -2.37. The summed E-state index contributed by atoms with van der Waals surface area (Å²) >= 11 is 0. The summed E-state index contributed by atoms with van der Waals surface area (Å²) in [5.74, 6) is -2.25. The van der Waals surface area contributed by atoms with E-state index in [9.17, 15) is 19.5 Å². The number of carboxylic acid groups (broad SMARTS) is 1. The van der Waals surface area contributed by atoms with Gasteiger partial charge in [0.1, 0.15) is 0 Å². The first-order valence-corrected chi connectivity index (χ1v) is 8.17. The van der Waals surface area contributed by atoms with E-state index in [-0.39, 0.29) is 30.7 Å². The number of likely N-dealkylation sites (tertiary alicyclic amines) is 1. The van der Waals surface area contributed by atoms with E-state index in [0.29, 0.717) is 19.4 Å². The van der Waals surface area contributed by atoms with Crippen molar-refractivity contribution < 1.29 is 19.5 Å². The highest BCUT2D eigenvalue weighted by molar-refractivity contribution is 5.87. The summed E-state index contributed by atoms with van der Waals surface area (Å²) in [6.07, 6.45) is 1.17. The summed E-state index contributed by atoms with van der Waals surface area (Å²) in [6.45, 7) is 2.59. The molecular weight excluding hydrogens is 308 g/mol. The summed E-state index contributed by atoms with van der Waals surface area (Å²) in [7, 11) is 1.72. The average Bonchev–Trinajstić information content (AvgIpc) is 2.53. The molecule has 6 heteroatoms. The maximum atomic E-state index is 12.2. The number of nitrogens with zero attached hydrogens (tertiary/aromatic N) is 1. The van der Waals surface area contributed by atoms with E-state index in [1.165, 1.54) is 0 Å². The van der Waals surface area contributed by atoms with Gasteiger partial charge in [-0.1, -0.05) is 29.8 Å². The highest BCUT2D eigenvalue weighted by atomic mass is 16.4. The molecule has 0 aliphatic carbocycles. The molecule has 0 aromatic heterocycles. The number of carboxylic acids is 1. The molecule has 0 saturated carbocycles. The van der Waals surface area contributed by atoms with Gasteiger partial charge in [-0.2, -0.15) is 0 Å². The van der Waals surface area contributed by atoms with Crippen LogP contribution in [0.15, 0.2) is 24.3 Å². The van der Waals surface area contributed by atoms with Gasteiger partial charge in [-0.25, -0.2) is 0 Å². The van der Waals surface area contributed by atoms with Crippen molar-refractivity contribution in [2.45, 2.75) is 26.2 Å². The molecule has 1 saturated heterocycles. The Morgan fingerprint density at radius 2 is 2.17 bits per heavy atom. The number of carbonyl (C=O) groups is 3. The third kappa shape index (κ3) is 4.81. The molecule has 1 aliphatic rings. The molecule has 1 aromatic carbocycles. The summed E-state index contributed by atoms with van der Waals surface area (Å²) in [6, 6.07) is 7.69.